The fourth-order valence-corrected chi connectivity index (χ4v) is 3.92. The summed E-state index contributed by atoms with van der Waals surface area (Å²) in [6.07, 6.45) is 10.6. The van der Waals surface area contributed by atoms with Crippen LogP contribution in [0, 0.1) is 29.1 Å². The Morgan fingerprint density at radius 3 is 2.10 bits per heavy atom. The molecule has 1 saturated heterocycles. The van der Waals surface area contributed by atoms with Gasteiger partial charge in [0.1, 0.15) is 6.04 Å². The Bertz CT molecular complexity index is 459. The van der Waals surface area contributed by atoms with Crippen LogP contribution in [0.4, 0.5) is 0 Å². The number of hydrogen-bond donors (Lipinski definition) is 0. The zero-order valence-electron chi connectivity index (χ0n) is 11.6. The molecule has 3 rings (SSSR count). The van der Waals surface area contributed by atoms with Gasteiger partial charge in [0.15, 0.2) is 0 Å². The van der Waals surface area contributed by atoms with Gasteiger partial charge in [-0.2, -0.15) is 5.26 Å². The van der Waals surface area contributed by atoms with Gasteiger partial charge in [-0.15, -0.1) is 0 Å². The van der Waals surface area contributed by atoms with Crippen molar-refractivity contribution in [2.75, 3.05) is 0 Å². The van der Waals surface area contributed by atoms with Gasteiger partial charge in [-0.3, -0.25) is 14.5 Å². The molecule has 3 aliphatic rings. The highest BCUT2D eigenvalue weighted by molar-refractivity contribution is 6.06. The van der Waals surface area contributed by atoms with Crippen LogP contribution in [-0.2, 0) is 9.59 Å². The lowest BCUT2D eigenvalue weighted by Crippen LogP contribution is -2.44. The first-order valence-electron chi connectivity index (χ1n) is 7.65. The minimum Gasteiger partial charge on any atom is -0.274 e. The lowest BCUT2D eigenvalue weighted by Gasteiger charge is -2.31. The smallest absolute Gasteiger partial charge is 0.234 e. The number of allylic oxidation sites excluding steroid dienone is 2. The third-order valence-electron chi connectivity index (χ3n) is 5.05. The van der Waals surface area contributed by atoms with Crippen molar-refractivity contribution in [3.8, 4) is 6.07 Å². The van der Waals surface area contributed by atoms with Crippen molar-refractivity contribution in [2.45, 2.75) is 51.0 Å². The van der Waals surface area contributed by atoms with E-state index >= 15 is 0 Å². The Morgan fingerprint density at radius 2 is 1.60 bits per heavy atom. The Kier molecular flexibility index (Phi) is 3.60. The van der Waals surface area contributed by atoms with E-state index in [9.17, 15) is 14.9 Å². The summed E-state index contributed by atoms with van der Waals surface area (Å²) >= 11 is 0. The van der Waals surface area contributed by atoms with E-state index < -0.39 is 6.04 Å². The van der Waals surface area contributed by atoms with Crippen LogP contribution in [0.5, 0.6) is 0 Å². The van der Waals surface area contributed by atoms with Gasteiger partial charge in [-0.1, -0.05) is 31.4 Å². The summed E-state index contributed by atoms with van der Waals surface area (Å²) in [5.41, 5.74) is 0. The molecule has 4 heteroatoms. The molecular formula is C16H20N2O2. The molecule has 4 nitrogen and oxygen atoms in total. The summed E-state index contributed by atoms with van der Waals surface area (Å²) in [7, 11) is 0. The van der Waals surface area contributed by atoms with Gasteiger partial charge in [0.05, 0.1) is 17.9 Å². The molecule has 0 spiro atoms. The second-order valence-electron chi connectivity index (χ2n) is 6.17. The Balaban J connectivity index is 1.83. The van der Waals surface area contributed by atoms with Crippen LogP contribution in [0.3, 0.4) is 0 Å². The molecule has 0 aromatic rings. The molecule has 0 bridgehead atoms. The number of nitrogens with zero attached hydrogens (tertiary/aromatic N) is 2. The largest absolute Gasteiger partial charge is 0.274 e. The summed E-state index contributed by atoms with van der Waals surface area (Å²) in [6.45, 7) is 0. The van der Waals surface area contributed by atoms with Crippen molar-refractivity contribution in [1.29, 1.82) is 5.26 Å². The fraction of sp³-hybridized carbons (Fsp3) is 0.688. The third-order valence-corrected chi connectivity index (χ3v) is 5.05. The number of rotatable bonds is 2. The molecule has 2 aliphatic carbocycles. The average molecular weight is 272 g/mol. The molecule has 106 valence electrons. The average Bonchev–Trinajstić information content (AvgIpc) is 2.75. The van der Waals surface area contributed by atoms with E-state index in [0.717, 1.165) is 25.7 Å². The van der Waals surface area contributed by atoms with Gasteiger partial charge >= 0.3 is 0 Å². The van der Waals surface area contributed by atoms with Crippen molar-refractivity contribution in [3.63, 3.8) is 0 Å². The molecule has 1 heterocycles. The molecule has 0 N–H and O–H groups in total. The van der Waals surface area contributed by atoms with Gasteiger partial charge in [0.2, 0.25) is 11.8 Å². The zero-order valence-corrected chi connectivity index (χ0v) is 11.6. The molecule has 0 radical (unpaired) electrons. The maximum absolute atomic E-state index is 12.5. The van der Waals surface area contributed by atoms with E-state index in [1.165, 1.54) is 11.3 Å². The number of carbonyl (C=O) groups excluding carboxylic acids is 2. The van der Waals surface area contributed by atoms with Gasteiger partial charge in [-0.05, 0) is 31.6 Å². The summed E-state index contributed by atoms with van der Waals surface area (Å²) in [4.78, 5) is 26.3. The van der Waals surface area contributed by atoms with E-state index in [4.69, 9.17) is 0 Å². The number of carbonyl (C=O) groups is 2. The lowest BCUT2D eigenvalue weighted by molar-refractivity contribution is -0.142. The number of likely N-dealkylation sites (tertiary alicyclic amines) is 1. The molecule has 0 aromatic carbocycles. The van der Waals surface area contributed by atoms with Gasteiger partial charge in [0.25, 0.3) is 0 Å². The lowest BCUT2D eigenvalue weighted by atomic mass is 9.83. The van der Waals surface area contributed by atoms with Crippen molar-refractivity contribution >= 4 is 11.8 Å². The third kappa shape index (κ3) is 2.06. The van der Waals surface area contributed by atoms with Gasteiger partial charge in [0, 0.05) is 0 Å². The summed E-state index contributed by atoms with van der Waals surface area (Å²) in [6, 6.07) is 1.71. The molecule has 1 aliphatic heterocycles. The molecule has 20 heavy (non-hydrogen) atoms. The quantitative estimate of drug-likeness (QED) is 0.573. The highest BCUT2D eigenvalue weighted by Gasteiger charge is 2.51. The first-order valence-corrected chi connectivity index (χ1v) is 7.65. The van der Waals surface area contributed by atoms with Crippen LogP contribution in [0.25, 0.3) is 0 Å². The van der Waals surface area contributed by atoms with Crippen LogP contribution in [-0.4, -0.2) is 22.8 Å². The Labute approximate surface area is 119 Å². The summed E-state index contributed by atoms with van der Waals surface area (Å²) in [5, 5.41) is 9.50. The van der Waals surface area contributed by atoms with E-state index in [1.807, 2.05) is 12.2 Å². The first-order chi connectivity index (χ1) is 9.74. The van der Waals surface area contributed by atoms with E-state index in [2.05, 4.69) is 6.07 Å². The van der Waals surface area contributed by atoms with E-state index in [-0.39, 0.29) is 29.6 Å². The van der Waals surface area contributed by atoms with Crippen molar-refractivity contribution in [3.05, 3.63) is 12.2 Å². The van der Waals surface area contributed by atoms with Crippen molar-refractivity contribution in [2.24, 2.45) is 17.8 Å². The number of amides is 2. The normalized spacial score (nSPS) is 32.0. The second kappa shape index (κ2) is 5.40. The molecule has 1 saturated carbocycles. The number of fused-ring (bicyclic) bond motifs is 1. The second-order valence-corrected chi connectivity index (χ2v) is 6.17. The molecule has 2 amide bonds. The Hall–Kier alpha value is -1.63. The minimum atomic E-state index is -0.541. The van der Waals surface area contributed by atoms with Crippen molar-refractivity contribution < 1.29 is 9.59 Å². The monoisotopic (exact) mass is 272 g/mol. The maximum atomic E-state index is 12.5. The topological polar surface area (TPSA) is 61.2 Å². The van der Waals surface area contributed by atoms with Crippen LogP contribution in [0.15, 0.2) is 12.2 Å². The number of nitriles is 1. The summed E-state index contributed by atoms with van der Waals surface area (Å²) in [5.74, 6) is -0.475. The standard InChI is InChI=1S/C16H20N2O2/c17-10-14(11-6-2-1-3-7-11)18-15(19)12-8-4-5-9-13(12)16(18)20/h4-5,11-14H,1-3,6-9H2/t12-,13+,14?. The zero-order chi connectivity index (χ0) is 14.1. The van der Waals surface area contributed by atoms with Crippen LogP contribution >= 0.6 is 0 Å². The Morgan fingerprint density at radius 1 is 1.05 bits per heavy atom. The van der Waals surface area contributed by atoms with Gasteiger partial charge in [-0.25, -0.2) is 0 Å². The van der Waals surface area contributed by atoms with Gasteiger partial charge < -0.3 is 0 Å². The molecular weight excluding hydrogens is 252 g/mol. The van der Waals surface area contributed by atoms with E-state index in [0.29, 0.717) is 12.8 Å². The molecule has 3 atom stereocenters. The highest BCUT2D eigenvalue weighted by Crippen LogP contribution is 2.39. The predicted octanol–water partition coefficient (Wildman–Crippen LogP) is 2.41. The van der Waals surface area contributed by atoms with Crippen molar-refractivity contribution in [1.82, 2.24) is 4.90 Å². The number of hydrogen-bond acceptors (Lipinski definition) is 3. The molecule has 0 aromatic heterocycles. The maximum Gasteiger partial charge on any atom is 0.234 e. The van der Waals surface area contributed by atoms with Crippen LogP contribution in [0.1, 0.15) is 44.9 Å². The highest BCUT2D eigenvalue weighted by atomic mass is 16.2. The SMILES string of the molecule is N#CC(C1CCCCC1)N1C(=O)[C@H]2CC=CC[C@H]2C1=O. The minimum absolute atomic E-state index is 0.110. The predicted molar refractivity (Wildman–Crippen MR) is 73.2 cm³/mol. The van der Waals surface area contributed by atoms with Crippen LogP contribution in [0.2, 0.25) is 0 Å². The molecule has 2 fully saturated rings. The van der Waals surface area contributed by atoms with E-state index in [1.54, 1.807) is 0 Å². The van der Waals surface area contributed by atoms with Crippen LogP contribution < -0.4 is 0 Å². The summed E-state index contributed by atoms with van der Waals surface area (Å²) < 4.78 is 0. The fourth-order valence-electron chi connectivity index (χ4n) is 3.92. The molecule has 1 unspecified atom stereocenters. The number of imide groups is 1. The first kappa shape index (κ1) is 13.4.